The van der Waals surface area contributed by atoms with Crippen LogP contribution in [0, 0.1) is 5.82 Å². The van der Waals surface area contributed by atoms with Gasteiger partial charge < -0.3 is 5.32 Å². The highest BCUT2D eigenvalue weighted by molar-refractivity contribution is 7.98. The number of nitrogens with zero attached hydrogens (tertiary/aromatic N) is 4. The van der Waals surface area contributed by atoms with Crippen LogP contribution in [0.2, 0.25) is 0 Å². The number of benzene rings is 2. The second kappa shape index (κ2) is 8.73. The monoisotopic (exact) mass is 437 g/mol. The minimum Gasteiger partial charge on any atom is -0.322 e. The number of aromatic nitrogens is 4. The van der Waals surface area contributed by atoms with Gasteiger partial charge in [-0.15, -0.1) is 11.8 Å². The van der Waals surface area contributed by atoms with Gasteiger partial charge in [-0.2, -0.15) is 9.50 Å². The summed E-state index contributed by atoms with van der Waals surface area (Å²) in [7, 11) is 0. The predicted molar refractivity (Wildman–Crippen MR) is 118 cm³/mol. The standard InChI is InChI=1S/C22H20FN5O2S/c1-14(2)27-13-24-22-26-18(11-20(29)28(22)27)12-31-19-9-7-17(8-10-19)25-21(30)15-3-5-16(23)6-4-15/h3-11,13-14H,12H2,1-2H3,(H,25,30). The summed E-state index contributed by atoms with van der Waals surface area (Å²) in [6, 6.07) is 14.3. The summed E-state index contributed by atoms with van der Waals surface area (Å²) in [6.07, 6.45) is 1.62. The molecule has 0 bridgehead atoms. The molecule has 0 unspecified atom stereocenters. The van der Waals surface area contributed by atoms with Gasteiger partial charge in [0.05, 0.1) is 5.69 Å². The van der Waals surface area contributed by atoms with E-state index in [-0.39, 0.29) is 23.3 Å². The number of hydrogen-bond donors (Lipinski definition) is 1. The van der Waals surface area contributed by atoms with Gasteiger partial charge in [0.2, 0.25) is 0 Å². The van der Waals surface area contributed by atoms with Crippen molar-refractivity contribution >= 4 is 29.1 Å². The second-order valence-corrected chi connectivity index (χ2v) is 8.24. The smallest absolute Gasteiger partial charge is 0.274 e. The van der Waals surface area contributed by atoms with Gasteiger partial charge in [0.15, 0.2) is 0 Å². The Morgan fingerprint density at radius 1 is 1.13 bits per heavy atom. The third-order valence-corrected chi connectivity index (χ3v) is 5.63. The number of halogens is 1. The van der Waals surface area contributed by atoms with Crippen molar-refractivity contribution in [1.82, 2.24) is 19.2 Å². The van der Waals surface area contributed by atoms with E-state index in [1.165, 1.54) is 46.6 Å². The van der Waals surface area contributed by atoms with Crippen molar-refractivity contribution < 1.29 is 9.18 Å². The van der Waals surface area contributed by atoms with Crippen molar-refractivity contribution in [3.8, 4) is 0 Å². The lowest BCUT2D eigenvalue weighted by atomic mass is 10.2. The summed E-state index contributed by atoms with van der Waals surface area (Å²) in [4.78, 5) is 34.4. The Morgan fingerprint density at radius 3 is 2.52 bits per heavy atom. The molecule has 7 nitrogen and oxygen atoms in total. The van der Waals surface area contributed by atoms with Crippen LogP contribution in [0.25, 0.3) is 5.78 Å². The number of amides is 1. The minimum atomic E-state index is -0.387. The van der Waals surface area contributed by atoms with E-state index in [2.05, 4.69) is 15.3 Å². The molecule has 2 heterocycles. The summed E-state index contributed by atoms with van der Waals surface area (Å²) in [5, 5.41) is 2.78. The topological polar surface area (TPSA) is 81.3 Å². The SMILES string of the molecule is CC(C)n1cnc2nc(CSc3ccc(NC(=O)c4ccc(F)cc4)cc3)cc(=O)n21. The zero-order valence-corrected chi connectivity index (χ0v) is 17.8. The Hall–Kier alpha value is -3.46. The first kappa shape index (κ1) is 20.8. The molecule has 9 heteroatoms. The van der Waals surface area contributed by atoms with Crippen LogP contribution in [-0.2, 0) is 5.75 Å². The Labute approximate surface area is 181 Å². The van der Waals surface area contributed by atoms with E-state index in [1.54, 1.807) is 23.1 Å². The molecule has 0 saturated heterocycles. The largest absolute Gasteiger partial charge is 0.322 e. The molecule has 0 radical (unpaired) electrons. The maximum absolute atomic E-state index is 13.0. The van der Waals surface area contributed by atoms with Crippen molar-refractivity contribution in [2.75, 3.05) is 5.32 Å². The van der Waals surface area contributed by atoms with E-state index in [1.807, 2.05) is 26.0 Å². The number of hydrogen-bond acceptors (Lipinski definition) is 5. The van der Waals surface area contributed by atoms with Gasteiger partial charge in [-0.1, -0.05) is 0 Å². The molecule has 0 saturated carbocycles. The molecule has 1 amide bonds. The number of rotatable bonds is 6. The van der Waals surface area contributed by atoms with Crippen LogP contribution in [0.1, 0.15) is 35.9 Å². The molecule has 4 rings (SSSR count). The van der Waals surface area contributed by atoms with Gasteiger partial charge in [0.1, 0.15) is 12.1 Å². The first-order valence-corrected chi connectivity index (χ1v) is 10.6. The minimum absolute atomic E-state index is 0.104. The summed E-state index contributed by atoms with van der Waals surface area (Å²) >= 11 is 1.53. The molecule has 0 spiro atoms. The highest BCUT2D eigenvalue weighted by Crippen LogP contribution is 2.24. The maximum atomic E-state index is 13.0. The van der Waals surface area contributed by atoms with Gasteiger partial charge >= 0.3 is 0 Å². The van der Waals surface area contributed by atoms with E-state index >= 15 is 0 Å². The predicted octanol–water partition coefficient (Wildman–Crippen LogP) is 4.16. The summed E-state index contributed by atoms with van der Waals surface area (Å²) in [5.74, 6) is 0.207. The van der Waals surface area contributed by atoms with Gasteiger partial charge in [-0.25, -0.2) is 9.37 Å². The lowest BCUT2D eigenvalue weighted by Gasteiger charge is -2.09. The number of nitrogens with one attached hydrogen (secondary N) is 1. The summed E-state index contributed by atoms with van der Waals surface area (Å²) in [5.41, 5.74) is 1.51. The van der Waals surface area contributed by atoms with E-state index < -0.39 is 0 Å². The van der Waals surface area contributed by atoms with Crippen LogP contribution < -0.4 is 10.9 Å². The lowest BCUT2D eigenvalue weighted by Crippen LogP contribution is -2.22. The molecule has 0 aliphatic rings. The quantitative estimate of drug-likeness (QED) is 0.458. The van der Waals surface area contributed by atoms with E-state index in [0.717, 1.165) is 4.90 Å². The van der Waals surface area contributed by atoms with Gasteiger partial charge in [-0.05, 0) is 62.4 Å². The number of anilines is 1. The van der Waals surface area contributed by atoms with Gasteiger partial charge in [-0.3, -0.25) is 14.3 Å². The Kier molecular flexibility index (Phi) is 5.85. The van der Waals surface area contributed by atoms with Crippen molar-refractivity contribution in [2.24, 2.45) is 0 Å². The second-order valence-electron chi connectivity index (χ2n) is 7.19. The van der Waals surface area contributed by atoms with E-state index in [0.29, 0.717) is 28.5 Å². The molecule has 31 heavy (non-hydrogen) atoms. The van der Waals surface area contributed by atoms with Crippen LogP contribution in [0.3, 0.4) is 0 Å². The molecule has 0 aliphatic carbocycles. The molecule has 2 aromatic carbocycles. The molecule has 4 aromatic rings. The van der Waals surface area contributed by atoms with Crippen LogP contribution in [0.5, 0.6) is 0 Å². The molecular formula is C22H20FN5O2S. The van der Waals surface area contributed by atoms with Crippen molar-refractivity contribution in [3.63, 3.8) is 0 Å². The summed E-state index contributed by atoms with van der Waals surface area (Å²) in [6.45, 7) is 3.95. The first-order valence-electron chi connectivity index (χ1n) is 9.66. The fourth-order valence-electron chi connectivity index (χ4n) is 3.01. The van der Waals surface area contributed by atoms with Crippen LogP contribution in [0.4, 0.5) is 10.1 Å². The zero-order valence-electron chi connectivity index (χ0n) is 16.9. The average Bonchev–Trinajstić information content (AvgIpc) is 3.19. The third kappa shape index (κ3) is 4.66. The summed E-state index contributed by atoms with van der Waals surface area (Å²) < 4.78 is 16.2. The molecular weight excluding hydrogens is 417 g/mol. The molecule has 158 valence electrons. The Morgan fingerprint density at radius 2 is 1.84 bits per heavy atom. The third-order valence-electron chi connectivity index (χ3n) is 4.59. The highest BCUT2D eigenvalue weighted by Gasteiger charge is 2.11. The average molecular weight is 438 g/mol. The molecule has 0 aliphatic heterocycles. The van der Waals surface area contributed by atoms with Crippen molar-refractivity contribution in [2.45, 2.75) is 30.5 Å². The van der Waals surface area contributed by atoms with E-state index in [9.17, 15) is 14.0 Å². The number of fused-ring (bicyclic) bond motifs is 1. The zero-order chi connectivity index (χ0) is 22.0. The number of carbonyl (C=O) groups excluding carboxylic acids is 1. The van der Waals surface area contributed by atoms with E-state index in [4.69, 9.17) is 0 Å². The normalized spacial score (nSPS) is 11.2. The molecule has 0 atom stereocenters. The fraction of sp³-hybridized carbons (Fsp3) is 0.182. The van der Waals surface area contributed by atoms with Gasteiger partial charge in [0, 0.05) is 34.0 Å². The lowest BCUT2D eigenvalue weighted by molar-refractivity contribution is 0.102. The van der Waals surface area contributed by atoms with Crippen LogP contribution in [-0.4, -0.2) is 25.1 Å². The Balaban J connectivity index is 1.41. The highest BCUT2D eigenvalue weighted by atomic mass is 32.2. The first-order chi connectivity index (χ1) is 14.9. The maximum Gasteiger partial charge on any atom is 0.274 e. The number of thioether (sulfide) groups is 1. The number of carbonyl (C=O) groups is 1. The van der Waals surface area contributed by atoms with Gasteiger partial charge in [0.25, 0.3) is 17.2 Å². The van der Waals surface area contributed by atoms with Crippen LogP contribution in [0.15, 0.2) is 70.6 Å². The van der Waals surface area contributed by atoms with Crippen LogP contribution >= 0.6 is 11.8 Å². The fourth-order valence-corrected chi connectivity index (χ4v) is 3.80. The molecule has 2 aromatic heterocycles. The Bertz CT molecular complexity index is 1280. The van der Waals surface area contributed by atoms with Crippen molar-refractivity contribution in [3.05, 3.63) is 88.4 Å². The molecule has 0 fully saturated rings. The molecule has 1 N–H and O–H groups in total. The van der Waals surface area contributed by atoms with Crippen molar-refractivity contribution in [1.29, 1.82) is 0 Å².